The quantitative estimate of drug-likeness (QED) is 0.257. The Morgan fingerprint density at radius 2 is 1.77 bits per heavy atom. The molecular weight excluding hydrogens is 399 g/mol. The van der Waals surface area contributed by atoms with Crippen molar-refractivity contribution < 1.29 is 9.18 Å². The van der Waals surface area contributed by atoms with Gasteiger partial charge in [-0.15, -0.1) is 0 Å². The average molecular weight is 418 g/mol. The molecule has 0 aliphatic carbocycles. The molecule has 0 N–H and O–H groups in total. The lowest BCUT2D eigenvalue weighted by Gasteiger charge is -2.15. The van der Waals surface area contributed by atoms with E-state index < -0.39 is 0 Å². The minimum atomic E-state index is -0.390. The lowest BCUT2D eigenvalue weighted by atomic mass is 10.1. The molecule has 1 aromatic heterocycles. The van der Waals surface area contributed by atoms with Crippen LogP contribution in [0, 0.1) is 19.7 Å². The van der Waals surface area contributed by atoms with Crippen LogP contribution in [0.2, 0.25) is 0 Å². The number of thioether (sulfide) groups is 1. The van der Waals surface area contributed by atoms with E-state index in [1.165, 1.54) is 36.0 Å². The minimum absolute atomic E-state index is 0.0846. The van der Waals surface area contributed by atoms with Crippen LogP contribution in [0.4, 0.5) is 4.39 Å². The zero-order valence-electron chi connectivity index (χ0n) is 16.6. The molecule has 0 bridgehead atoms. The van der Waals surface area contributed by atoms with Gasteiger partial charge in [-0.05, 0) is 61.9 Å². The maximum atomic E-state index is 13.3. The van der Waals surface area contributed by atoms with Gasteiger partial charge in [0.15, 0.2) is 10.9 Å². The van der Waals surface area contributed by atoms with Gasteiger partial charge in [0, 0.05) is 5.56 Å². The van der Waals surface area contributed by atoms with Crippen molar-refractivity contribution in [1.82, 2.24) is 9.55 Å². The topological polar surface area (TPSA) is 52.0 Å². The number of rotatable bonds is 5. The van der Waals surface area contributed by atoms with Crippen LogP contribution in [0.5, 0.6) is 0 Å². The van der Waals surface area contributed by atoms with Crippen molar-refractivity contribution in [3.63, 3.8) is 0 Å². The van der Waals surface area contributed by atoms with Gasteiger partial charge in [0.05, 0.1) is 22.3 Å². The second kappa shape index (κ2) is 8.24. The molecule has 0 aliphatic rings. The van der Waals surface area contributed by atoms with E-state index in [1.54, 1.807) is 16.7 Å². The Kier molecular flexibility index (Phi) is 5.50. The summed E-state index contributed by atoms with van der Waals surface area (Å²) < 4.78 is 14.7. The molecule has 4 rings (SSSR count). The number of aromatic nitrogens is 2. The smallest absolute Gasteiger partial charge is 0.266 e. The monoisotopic (exact) mass is 418 g/mol. The van der Waals surface area contributed by atoms with E-state index in [-0.39, 0.29) is 22.9 Å². The van der Waals surface area contributed by atoms with Crippen molar-refractivity contribution in [3.05, 3.63) is 99.6 Å². The second-order valence-electron chi connectivity index (χ2n) is 7.06. The number of halogens is 1. The standard InChI is InChI=1S/C24H19FN2O2S/c1-15-7-12-21(16(2)13-15)27-23(29)19-5-3-4-6-20(19)26-24(27)30-14-22(28)17-8-10-18(25)11-9-17/h3-13H,14H2,1-2H3. The van der Waals surface area contributed by atoms with Crippen LogP contribution >= 0.6 is 11.8 Å². The number of hydrogen-bond donors (Lipinski definition) is 0. The van der Waals surface area contributed by atoms with Crippen molar-refractivity contribution in [1.29, 1.82) is 0 Å². The van der Waals surface area contributed by atoms with Gasteiger partial charge in [-0.3, -0.25) is 14.2 Å². The third-order valence-corrected chi connectivity index (χ3v) is 5.78. The molecule has 0 aliphatic heterocycles. The first kappa shape index (κ1) is 20.0. The van der Waals surface area contributed by atoms with E-state index in [0.29, 0.717) is 21.6 Å². The summed E-state index contributed by atoms with van der Waals surface area (Å²) in [5.74, 6) is -0.463. The lowest BCUT2D eigenvalue weighted by molar-refractivity contribution is 0.102. The zero-order chi connectivity index (χ0) is 21.3. The first-order valence-corrected chi connectivity index (χ1v) is 10.4. The number of ketones is 1. The van der Waals surface area contributed by atoms with Crippen LogP contribution in [-0.4, -0.2) is 21.1 Å². The fraction of sp³-hybridized carbons (Fsp3) is 0.125. The van der Waals surface area contributed by atoms with Crippen LogP contribution in [0.25, 0.3) is 16.6 Å². The number of Topliss-reactive ketones (excluding diaryl/α,β-unsaturated/α-hetero) is 1. The molecule has 6 heteroatoms. The molecule has 4 aromatic rings. The molecule has 4 nitrogen and oxygen atoms in total. The van der Waals surface area contributed by atoms with Gasteiger partial charge >= 0.3 is 0 Å². The van der Waals surface area contributed by atoms with Crippen LogP contribution in [0.3, 0.4) is 0 Å². The van der Waals surface area contributed by atoms with Crippen molar-refractivity contribution >= 4 is 28.4 Å². The molecule has 0 spiro atoms. The Morgan fingerprint density at radius 1 is 1.03 bits per heavy atom. The van der Waals surface area contributed by atoms with Gasteiger partial charge in [-0.25, -0.2) is 9.37 Å². The second-order valence-corrected chi connectivity index (χ2v) is 8.00. The highest BCUT2D eigenvalue weighted by molar-refractivity contribution is 7.99. The summed E-state index contributed by atoms with van der Waals surface area (Å²) in [6, 6.07) is 18.5. The Labute approximate surface area is 177 Å². The molecule has 0 saturated heterocycles. The van der Waals surface area contributed by atoms with Gasteiger partial charge in [0.1, 0.15) is 5.82 Å². The number of carbonyl (C=O) groups excluding carboxylic acids is 1. The van der Waals surface area contributed by atoms with Crippen LogP contribution in [0.15, 0.2) is 76.7 Å². The lowest BCUT2D eigenvalue weighted by Crippen LogP contribution is -2.23. The van der Waals surface area contributed by atoms with Crippen LogP contribution in [-0.2, 0) is 0 Å². The Morgan fingerprint density at radius 3 is 2.50 bits per heavy atom. The fourth-order valence-corrected chi connectivity index (χ4v) is 4.23. The molecular formula is C24H19FN2O2S. The average Bonchev–Trinajstić information content (AvgIpc) is 2.73. The van der Waals surface area contributed by atoms with Gasteiger partial charge in [0.25, 0.3) is 5.56 Å². The maximum Gasteiger partial charge on any atom is 0.266 e. The van der Waals surface area contributed by atoms with Gasteiger partial charge in [0.2, 0.25) is 0 Å². The molecule has 150 valence electrons. The minimum Gasteiger partial charge on any atom is -0.293 e. The van der Waals surface area contributed by atoms with E-state index in [1.807, 2.05) is 44.2 Å². The number of hydrogen-bond acceptors (Lipinski definition) is 4. The molecule has 0 atom stereocenters. The Balaban J connectivity index is 1.78. The normalized spacial score (nSPS) is 11.0. The maximum absolute atomic E-state index is 13.3. The summed E-state index contributed by atoms with van der Waals surface area (Å²) in [4.78, 5) is 30.6. The number of carbonyl (C=O) groups is 1. The Hall–Kier alpha value is -3.25. The van der Waals surface area contributed by atoms with Crippen molar-refractivity contribution in [2.24, 2.45) is 0 Å². The molecule has 0 unspecified atom stereocenters. The predicted molar refractivity (Wildman–Crippen MR) is 118 cm³/mol. The fourth-order valence-electron chi connectivity index (χ4n) is 3.33. The predicted octanol–water partition coefficient (Wildman–Crippen LogP) is 5.12. The number of nitrogens with zero attached hydrogens (tertiary/aromatic N) is 2. The molecule has 0 radical (unpaired) electrons. The molecule has 1 heterocycles. The highest BCUT2D eigenvalue weighted by Gasteiger charge is 2.16. The number of fused-ring (bicyclic) bond motifs is 1. The van der Waals surface area contributed by atoms with E-state index in [9.17, 15) is 14.0 Å². The first-order chi connectivity index (χ1) is 14.4. The summed E-state index contributed by atoms with van der Waals surface area (Å²) in [6.07, 6.45) is 0. The van der Waals surface area contributed by atoms with Crippen molar-refractivity contribution in [2.45, 2.75) is 19.0 Å². The summed E-state index contributed by atoms with van der Waals surface area (Å²) in [5, 5.41) is 0.966. The largest absolute Gasteiger partial charge is 0.293 e. The third kappa shape index (κ3) is 3.91. The van der Waals surface area contributed by atoms with Crippen molar-refractivity contribution in [2.75, 3.05) is 5.75 Å². The highest BCUT2D eigenvalue weighted by atomic mass is 32.2. The van der Waals surface area contributed by atoms with Gasteiger partial charge in [-0.2, -0.15) is 0 Å². The van der Waals surface area contributed by atoms with E-state index in [2.05, 4.69) is 4.98 Å². The highest BCUT2D eigenvalue weighted by Crippen LogP contribution is 2.24. The van der Waals surface area contributed by atoms with Gasteiger partial charge in [-0.1, -0.05) is 41.6 Å². The SMILES string of the molecule is Cc1ccc(-n2c(SCC(=O)c3ccc(F)cc3)nc3ccccc3c2=O)c(C)c1. The summed E-state index contributed by atoms with van der Waals surface area (Å²) >= 11 is 1.20. The molecule has 0 amide bonds. The van der Waals surface area contributed by atoms with E-state index in [4.69, 9.17) is 0 Å². The molecule has 0 fully saturated rings. The summed E-state index contributed by atoms with van der Waals surface area (Å²) in [7, 11) is 0. The molecule has 3 aromatic carbocycles. The molecule has 30 heavy (non-hydrogen) atoms. The van der Waals surface area contributed by atoms with Gasteiger partial charge < -0.3 is 0 Å². The Bertz CT molecular complexity index is 1310. The zero-order valence-corrected chi connectivity index (χ0v) is 17.4. The number of benzene rings is 3. The van der Waals surface area contributed by atoms with Crippen LogP contribution in [0.1, 0.15) is 21.5 Å². The summed E-state index contributed by atoms with van der Waals surface area (Å²) in [5.41, 5.74) is 3.61. The van der Waals surface area contributed by atoms with Crippen molar-refractivity contribution in [3.8, 4) is 5.69 Å². The van der Waals surface area contributed by atoms with E-state index >= 15 is 0 Å². The number of aryl methyl sites for hydroxylation is 2. The number of para-hydroxylation sites is 1. The molecule has 0 saturated carbocycles. The summed E-state index contributed by atoms with van der Waals surface area (Å²) in [6.45, 7) is 3.94. The third-order valence-electron chi connectivity index (χ3n) is 4.84. The van der Waals surface area contributed by atoms with Crippen LogP contribution < -0.4 is 5.56 Å². The first-order valence-electron chi connectivity index (χ1n) is 9.45. The van der Waals surface area contributed by atoms with E-state index in [0.717, 1.165) is 16.8 Å².